The third-order valence-electron chi connectivity index (χ3n) is 3.67. The molecule has 0 fully saturated rings. The van der Waals surface area contributed by atoms with E-state index in [2.05, 4.69) is 10.3 Å². The highest BCUT2D eigenvalue weighted by atomic mass is 32.2. The van der Waals surface area contributed by atoms with Crippen LogP contribution in [0.4, 0.5) is 4.39 Å². The number of carbonyl (C=O) groups is 1. The first-order valence-electron chi connectivity index (χ1n) is 8.57. The molecule has 0 spiro atoms. The van der Waals surface area contributed by atoms with Gasteiger partial charge in [-0.2, -0.15) is 0 Å². The van der Waals surface area contributed by atoms with E-state index in [1.54, 1.807) is 36.5 Å². The second kappa shape index (κ2) is 9.73. The Hall–Kier alpha value is -2.86. The van der Waals surface area contributed by atoms with Gasteiger partial charge in [-0.15, -0.1) is 0 Å². The number of hydrogen-bond donors (Lipinski definition) is 1. The van der Waals surface area contributed by atoms with Crippen LogP contribution in [-0.2, 0) is 0 Å². The first kappa shape index (κ1) is 18.9. The second-order valence-electron chi connectivity index (χ2n) is 5.66. The van der Waals surface area contributed by atoms with E-state index in [9.17, 15) is 9.18 Å². The molecular weight excluding hydrogens is 363 g/mol. The summed E-state index contributed by atoms with van der Waals surface area (Å²) in [6.45, 7) is 0.748. The maximum Gasteiger partial charge on any atom is 0.254 e. The zero-order valence-electron chi connectivity index (χ0n) is 14.6. The van der Waals surface area contributed by atoms with Crippen LogP contribution in [0.15, 0.2) is 82.8 Å². The van der Waals surface area contributed by atoms with Crippen molar-refractivity contribution in [1.82, 2.24) is 10.3 Å². The Kier molecular flexibility index (Phi) is 6.82. The van der Waals surface area contributed by atoms with Crippen LogP contribution >= 0.6 is 11.8 Å². The van der Waals surface area contributed by atoms with E-state index < -0.39 is 0 Å². The van der Waals surface area contributed by atoms with Crippen molar-refractivity contribution in [3.8, 4) is 5.75 Å². The van der Waals surface area contributed by atoms with E-state index in [0.29, 0.717) is 30.2 Å². The first-order valence-corrected chi connectivity index (χ1v) is 9.39. The van der Waals surface area contributed by atoms with Gasteiger partial charge in [0.1, 0.15) is 5.03 Å². The van der Waals surface area contributed by atoms with E-state index >= 15 is 0 Å². The van der Waals surface area contributed by atoms with Gasteiger partial charge in [0.05, 0.1) is 12.2 Å². The van der Waals surface area contributed by atoms with Crippen LogP contribution in [-0.4, -0.2) is 24.0 Å². The third kappa shape index (κ3) is 5.56. The normalized spacial score (nSPS) is 10.4. The van der Waals surface area contributed by atoms with Crippen molar-refractivity contribution in [3.63, 3.8) is 0 Å². The van der Waals surface area contributed by atoms with Crippen molar-refractivity contribution in [2.75, 3.05) is 13.2 Å². The third-order valence-corrected chi connectivity index (χ3v) is 4.70. The highest BCUT2D eigenvalue weighted by molar-refractivity contribution is 7.99. The quantitative estimate of drug-likeness (QED) is 0.580. The van der Waals surface area contributed by atoms with Crippen molar-refractivity contribution in [2.45, 2.75) is 16.3 Å². The van der Waals surface area contributed by atoms with Crippen LogP contribution in [0.1, 0.15) is 16.8 Å². The lowest BCUT2D eigenvalue weighted by molar-refractivity contribution is 0.0948. The van der Waals surface area contributed by atoms with Gasteiger partial charge >= 0.3 is 0 Å². The molecule has 3 aromatic rings. The summed E-state index contributed by atoms with van der Waals surface area (Å²) in [5.74, 6) is -0.357. The number of pyridine rings is 1. The summed E-state index contributed by atoms with van der Waals surface area (Å²) in [6, 6.07) is 19.5. The van der Waals surface area contributed by atoms with Crippen molar-refractivity contribution in [2.24, 2.45) is 0 Å². The van der Waals surface area contributed by atoms with Gasteiger partial charge in [0.15, 0.2) is 11.6 Å². The number of carbonyl (C=O) groups excluding carboxylic acids is 1. The van der Waals surface area contributed by atoms with Gasteiger partial charge in [0.25, 0.3) is 5.91 Å². The lowest BCUT2D eigenvalue weighted by Gasteiger charge is -2.10. The minimum atomic E-state index is -0.389. The van der Waals surface area contributed by atoms with Gasteiger partial charge < -0.3 is 10.1 Å². The molecule has 6 heteroatoms. The summed E-state index contributed by atoms with van der Waals surface area (Å²) in [6.07, 6.45) is 2.24. The van der Waals surface area contributed by atoms with Gasteiger partial charge in [-0.3, -0.25) is 4.79 Å². The molecule has 0 saturated carbocycles. The molecule has 138 valence electrons. The summed E-state index contributed by atoms with van der Waals surface area (Å²) in [7, 11) is 0. The van der Waals surface area contributed by atoms with Crippen LogP contribution in [0, 0.1) is 5.82 Å². The predicted molar refractivity (Wildman–Crippen MR) is 104 cm³/mol. The molecule has 1 heterocycles. The number of para-hydroxylation sites is 1. The molecule has 1 aromatic heterocycles. The zero-order chi connectivity index (χ0) is 18.9. The van der Waals surface area contributed by atoms with Gasteiger partial charge in [-0.25, -0.2) is 9.37 Å². The van der Waals surface area contributed by atoms with E-state index in [1.165, 1.54) is 17.8 Å². The molecule has 0 atom stereocenters. The topological polar surface area (TPSA) is 51.2 Å². The standard InChI is InChI=1S/C21H19FN2O2S/c22-18-11-4-5-12-19(18)26-15-7-14-23-20(25)17-10-6-13-24-21(17)27-16-8-2-1-3-9-16/h1-6,8-13H,7,14-15H2,(H,23,25). The monoisotopic (exact) mass is 382 g/mol. The number of nitrogens with zero attached hydrogens (tertiary/aromatic N) is 1. The summed E-state index contributed by atoms with van der Waals surface area (Å²) >= 11 is 1.45. The maximum absolute atomic E-state index is 13.5. The van der Waals surface area contributed by atoms with Crippen LogP contribution in [0.25, 0.3) is 0 Å². The number of rotatable bonds is 8. The SMILES string of the molecule is O=C(NCCCOc1ccccc1F)c1cccnc1Sc1ccccc1. The first-order chi connectivity index (χ1) is 13.2. The Morgan fingerprint density at radius 1 is 1.04 bits per heavy atom. The molecule has 0 aliphatic carbocycles. The van der Waals surface area contributed by atoms with Crippen LogP contribution < -0.4 is 10.1 Å². The van der Waals surface area contributed by atoms with Gasteiger partial charge in [0.2, 0.25) is 0 Å². The van der Waals surface area contributed by atoms with Crippen LogP contribution in [0.3, 0.4) is 0 Å². The molecule has 0 saturated heterocycles. The van der Waals surface area contributed by atoms with E-state index in [1.807, 2.05) is 30.3 Å². The summed E-state index contributed by atoms with van der Waals surface area (Å²) in [5.41, 5.74) is 0.529. The predicted octanol–water partition coefficient (Wildman–Crippen LogP) is 4.57. The lowest BCUT2D eigenvalue weighted by Crippen LogP contribution is -2.26. The van der Waals surface area contributed by atoms with Crippen molar-refractivity contribution >= 4 is 17.7 Å². The number of halogens is 1. The second-order valence-corrected chi connectivity index (χ2v) is 6.72. The summed E-state index contributed by atoms with van der Waals surface area (Å²) in [5, 5.41) is 3.52. The number of ether oxygens (including phenoxy) is 1. The Morgan fingerprint density at radius 2 is 1.81 bits per heavy atom. The minimum absolute atomic E-state index is 0.188. The van der Waals surface area contributed by atoms with Crippen LogP contribution in [0.2, 0.25) is 0 Å². The average molecular weight is 382 g/mol. The van der Waals surface area contributed by atoms with Crippen LogP contribution in [0.5, 0.6) is 5.75 Å². The zero-order valence-corrected chi connectivity index (χ0v) is 15.4. The molecule has 27 heavy (non-hydrogen) atoms. The molecule has 1 amide bonds. The van der Waals surface area contributed by atoms with Crippen molar-refractivity contribution in [3.05, 3.63) is 84.3 Å². The van der Waals surface area contributed by atoms with E-state index in [4.69, 9.17) is 4.74 Å². The molecule has 4 nitrogen and oxygen atoms in total. The maximum atomic E-state index is 13.5. The molecule has 3 rings (SSSR count). The molecule has 0 bridgehead atoms. The Balaban J connectivity index is 1.50. The fourth-order valence-corrected chi connectivity index (χ4v) is 3.26. The Morgan fingerprint density at radius 3 is 2.63 bits per heavy atom. The van der Waals surface area contributed by atoms with Gasteiger partial charge in [0, 0.05) is 17.6 Å². The molecule has 1 N–H and O–H groups in total. The Labute approximate surface area is 161 Å². The highest BCUT2D eigenvalue weighted by Gasteiger charge is 2.13. The fraction of sp³-hybridized carbons (Fsp3) is 0.143. The molecule has 2 aromatic carbocycles. The molecule has 0 aliphatic rings. The van der Waals surface area contributed by atoms with E-state index in [-0.39, 0.29) is 17.5 Å². The number of benzene rings is 2. The summed E-state index contributed by atoms with van der Waals surface area (Å²) < 4.78 is 18.9. The molecule has 0 aliphatic heterocycles. The number of hydrogen-bond acceptors (Lipinski definition) is 4. The smallest absolute Gasteiger partial charge is 0.254 e. The number of amides is 1. The molecule has 0 unspecified atom stereocenters. The minimum Gasteiger partial charge on any atom is -0.490 e. The summed E-state index contributed by atoms with van der Waals surface area (Å²) in [4.78, 5) is 17.8. The van der Waals surface area contributed by atoms with Crippen molar-refractivity contribution in [1.29, 1.82) is 0 Å². The largest absolute Gasteiger partial charge is 0.490 e. The number of nitrogens with one attached hydrogen (secondary N) is 1. The van der Waals surface area contributed by atoms with E-state index in [0.717, 1.165) is 4.90 Å². The van der Waals surface area contributed by atoms with Gasteiger partial charge in [-0.1, -0.05) is 42.1 Å². The fourth-order valence-electron chi connectivity index (χ4n) is 2.36. The average Bonchev–Trinajstić information content (AvgIpc) is 2.70. The lowest BCUT2D eigenvalue weighted by atomic mass is 10.2. The number of aromatic nitrogens is 1. The van der Waals surface area contributed by atoms with Crippen molar-refractivity contribution < 1.29 is 13.9 Å². The highest BCUT2D eigenvalue weighted by Crippen LogP contribution is 2.28. The Bertz CT molecular complexity index is 890. The molecular formula is C21H19FN2O2S. The molecule has 0 radical (unpaired) electrons. The van der Waals surface area contributed by atoms with Gasteiger partial charge in [-0.05, 0) is 42.8 Å².